The molecule has 8 heteroatoms. The Morgan fingerprint density at radius 1 is 1.00 bits per heavy atom. The normalized spacial score (nSPS) is 11.7. The number of sulfonamides is 1. The number of carboxylic acids is 1. The monoisotopic (exact) mass is 384 g/mol. The van der Waals surface area contributed by atoms with E-state index in [-0.39, 0.29) is 15.6 Å². The zero-order valence-corrected chi connectivity index (χ0v) is 14.8. The van der Waals surface area contributed by atoms with Crippen molar-refractivity contribution in [3.63, 3.8) is 0 Å². The Morgan fingerprint density at radius 2 is 1.73 bits per heavy atom. The molecule has 0 fully saturated rings. The number of carboxylic acid groups (broad SMARTS) is 1. The van der Waals surface area contributed by atoms with Crippen molar-refractivity contribution < 1.29 is 18.3 Å². The van der Waals surface area contributed by atoms with Crippen molar-refractivity contribution in [3.8, 4) is 0 Å². The first-order valence-electron chi connectivity index (χ1n) is 7.58. The molecule has 1 heterocycles. The van der Waals surface area contributed by atoms with Gasteiger partial charge in [-0.25, -0.2) is 18.2 Å². The number of carbonyl (C=O) groups is 1. The van der Waals surface area contributed by atoms with Crippen molar-refractivity contribution in [3.05, 3.63) is 66.2 Å². The minimum Gasteiger partial charge on any atom is -0.478 e. The number of thiazole rings is 1. The van der Waals surface area contributed by atoms with Gasteiger partial charge in [-0.05, 0) is 35.7 Å². The Hall–Kier alpha value is -2.97. The van der Waals surface area contributed by atoms with Gasteiger partial charge in [0.25, 0.3) is 10.0 Å². The molecule has 0 saturated heterocycles. The van der Waals surface area contributed by atoms with E-state index < -0.39 is 16.0 Å². The van der Waals surface area contributed by atoms with Crippen LogP contribution in [0.3, 0.4) is 0 Å². The van der Waals surface area contributed by atoms with Gasteiger partial charge in [0, 0.05) is 5.39 Å². The number of aromatic carboxylic acids is 1. The first-order chi connectivity index (χ1) is 12.4. The van der Waals surface area contributed by atoms with Crippen LogP contribution in [0.4, 0.5) is 5.13 Å². The molecule has 1 aromatic heterocycles. The summed E-state index contributed by atoms with van der Waals surface area (Å²) >= 11 is 1.25. The van der Waals surface area contributed by atoms with E-state index in [1.54, 1.807) is 0 Å². The second-order valence-electron chi connectivity index (χ2n) is 5.59. The average Bonchev–Trinajstić information content (AvgIpc) is 3.04. The van der Waals surface area contributed by atoms with Gasteiger partial charge in [-0.3, -0.25) is 4.72 Å². The number of aromatic nitrogens is 1. The van der Waals surface area contributed by atoms with E-state index in [0.29, 0.717) is 0 Å². The van der Waals surface area contributed by atoms with Crippen LogP contribution in [0.25, 0.3) is 21.0 Å². The zero-order valence-electron chi connectivity index (χ0n) is 13.2. The smallest absolute Gasteiger partial charge is 0.335 e. The molecule has 0 aliphatic carbocycles. The number of rotatable bonds is 4. The first kappa shape index (κ1) is 16.5. The summed E-state index contributed by atoms with van der Waals surface area (Å²) in [5.41, 5.74) is 0.766. The zero-order chi connectivity index (χ0) is 18.3. The summed E-state index contributed by atoms with van der Waals surface area (Å²) in [7, 11) is -3.85. The molecule has 0 bridgehead atoms. The van der Waals surface area contributed by atoms with Crippen LogP contribution in [0, 0.1) is 0 Å². The lowest BCUT2D eigenvalue weighted by molar-refractivity contribution is 0.0696. The maximum absolute atomic E-state index is 12.5. The van der Waals surface area contributed by atoms with Crippen molar-refractivity contribution >= 4 is 53.5 Å². The molecule has 26 heavy (non-hydrogen) atoms. The summed E-state index contributed by atoms with van der Waals surface area (Å²) in [6.45, 7) is 0. The van der Waals surface area contributed by atoms with Gasteiger partial charge in [-0.2, -0.15) is 0 Å². The quantitative estimate of drug-likeness (QED) is 0.555. The molecule has 0 spiro atoms. The molecule has 2 N–H and O–H groups in total. The molecule has 3 aromatic carbocycles. The highest BCUT2D eigenvalue weighted by Crippen LogP contribution is 2.32. The van der Waals surface area contributed by atoms with Crippen LogP contribution in [0.1, 0.15) is 10.4 Å². The van der Waals surface area contributed by atoms with Crippen molar-refractivity contribution in [2.24, 2.45) is 0 Å². The van der Waals surface area contributed by atoms with Crippen molar-refractivity contribution in [2.75, 3.05) is 4.72 Å². The highest BCUT2D eigenvalue weighted by molar-refractivity contribution is 7.93. The van der Waals surface area contributed by atoms with E-state index in [9.17, 15) is 13.2 Å². The summed E-state index contributed by atoms with van der Waals surface area (Å²) in [5, 5.41) is 11.2. The lowest BCUT2D eigenvalue weighted by atomic mass is 10.1. The Bertz CT molecular complexity index is 1250. The minimum atomic E-state index is -3.85. The number of benzene rings is 3. The van der Waals surface area contributed by atoms with Gasteiger partial charge < -0.3 is 5.11 Å². The Labute approximate surface area is 152 Å². The standard InChI is InChI=1S/C18H12N2O4S2/c21-17(22)12-5-8-13(9-6-12)26(23,24)20-18-19-16-14-4-2-1-3-11(14)7-10-15(16)25-18/h1-10H,(H,19,20)(H,21,22). The van der Waals surface area contributed by atoms with Gasteiger partial charge in [-0.15, -0.1) is 0 Å². The summed E-state index contributed by atoms with van der Waals surface area (Å²) in [6.07, 6.45) is 0. The van der Waals surface area contributed by atoms with Crippen molar-refractivity contribution in [1.82, 2.24) is 4.98 Å². The van der Waals surface area contributed by atoms with Gasteiger partial charge in [-0.1, -0.05) is 41.7 Å². The fraction of sp³-hybridized carbons (Fsp3) is 0. The van der Waals surface area contributed by atoms with Crippen LogP contribution < -0.4 is 4.72 Å². The SMILES string of the molecule is O=C(O)c1ccc(S(=O)(=O)Nc2nc3c(ccc4ccccc43)s2)cc1. The van der Waals surface area contributed by atoms with E-state index in [0.717, 1.165) is 21.0 Å². The third-order valence-electron chi connectivity index (χ3n) is 3.92. The molecule has 0 atom stereocenters. The minimum absolute atomic E-state index is 0.0217. The lowest BCUT2D eigenvalue weighted by Crippen LogP contribution is -2.13. The molecule has 0 amide bonds. The Kier molecular flexibility index (Phi) is 3.86. The molecule has 0 unspecified atom stereocenters. The molecule has 6 nitrogen and oxygen atoms in total. The summed E-state index contributed by atoms with van der Waals surface area (Å²) in [4.78, 5) is 15.3. The maximum Gasteiger partial charge on any atom is 0.335 e. The predicted molar refractivity (Wildman–Crippen MR) is 101 cm³/mol. The second-order valence-corrected chi connectivity index (χ2v) is 8.30. The van der Waals surface area contributed by atoms with Crippen LogP contribution in [0.15, 0.2) is 65.6 Å². The molecule has 130 valence electrons. The molecule has 0 saturated carbocycles. The number of anilines is 1. The topological polar surface area (TPSA) is 96.4 Å². The first-order valence-corrected chi connectivity index (χ1v) is 9.88. The van der Waals surface area contributed by atoms with Gasteiger partial charge in [0.05, 0.1) is 20.7 Å². The van der Waals surface area contributed by atoms with Gasteiger partial charge >= 0.3 is 5.97 Å². The lowest BCUT2D eigenvalue weighted by Gasteiger charge is -2.05. The molecular weight excluding hydrogens is 372 g/mol. The largest absolute Gasteiger partial charge is 0.478 e. The van der Waals surface area contributed by atoms with Crippen LogP contribution in [0.5, 0.6) is 0 Å². The second kappa shape index (κ2) is 6.08. The summed E-state index contributed by atoms with van der Waals surface area (Å²) in [5.74, 6) is -1.11. The van der Waals surface area contributed by atoms with Crippen LogP contribution >= 0.6 is 11.3 Å². The molecule has 0 aliphatic heterocycles. The molecule has 0 aliphatic rings. The maximum atomic E-state index is 12.5. The van der Waals surface area contributed by atoms with E-state index in [2.05, 4.69) is 9.71 Å². The Morgan fingerprint density at radius 3 is 2.46 bits per heavy atom. The molecular formula is C18H12N2O4S2. The van der Waals surface area contributed by atoms with Crippen LogP contribution in [0.2, 0.25) is 0 Å². The number of fused-ring (bicyclic) bond motifs is 3. The Balaban J connectivity index is 1.71. The summed E-state index contributed by atoms with van der Waals surface area (Å²) < 4.78 is 28.4. The predicted octanol–water partition coefficient (Wildman–Crippen LogP) is 3.95. The highest BCUT2D eigenvalue weighted by Gasteiger charge is 2.18. The number of hydrogen-bond acceptors (Lipinski definition) is 5. The number of nitrogens with zero attached hydrogens (tertiary/aromatic N) is 1. The van der Waals surface area contributed by atoms with E-state index in [4.69, 9.17) is 5.11 Å². The van der Waals surface area contributed by atoms with E-state index >= 15 is 0 Å². The third-order valence-corrected chi connectivity index (χ3v) is 6.34. The van der Waals surface area contributed by atoms with E-state index in [1.807, 2.05) is 36.4 Å². The highest BCUT2D eigenvalue weighted by atomic mass is 32.2. The van der Waals surface area contributed by atoms with Gasteiger partial charge in [0.2, 0.25) is 0 Å². The van der Waals surface area contributed by atoms with Gasteiger partial charge in [0.15, 0.2) is 5.13 Å². The van der Waals surface area contributed by atoms with Crippen molar-refractivity contribution in [2.45, 2.75) is 4.90 Å². The van der Waals surface area contributed by atoms with Crippen molar-refractivity contribution in [1.29, 1.82) is 0 Å². The van der Waals surface area contributed by atoms with Crippen LogP contribution in [-0.4, -0.2) is 24.5 Å². The van der Waals surface area contributed by atoms with Crippen LogP contribution in [-0.2, 0) is 10.0 Å². The number of nitrogens with one attached hydrogen (secondary N) is 1. The molecule has 4 rings (SSSR count). The number of hydrogen-bond donors (Lipinski definition) is 2. The molecule has 0 radical (unpaired) electrons. The molecule has 4 aromatic rings. The summed E-state index contributed by atoms with van der Waals surface area (Å²) in [6, 6.07) is 16.7. The van der Waals surface area contributed by atoms with Gasteiger partial charge in [0.1, 0.15) is 0 Å². The average molecular weight is 384 g/mol. The third kappa shape index (κ3) is 2.89. The fourth-order valence-corrected chi connectivity index (χ4v) is 4.77. The fourth-order valence-electron chi connectivity index (χ4n) is 2.66. The van der Waals surface area contributed by atoms with E-state index in [1.165, 1.54) is 35.6 Å².